The second-order valence-electron chi connectivity index (χ2n) is 6.80. The van der Waals surface area contributed by atoms with E-state index in [1.54, 1.807) is 14.2 Å². The zero-order valence-electron chi connectivity index (χ0n) is 17.0. The molecule has 30 heavy (non-hydrogen) atoms. The van der Waals surface area contributed by atoms with Crippen LogP contribution in [0.3, 0.4) is 0 Å². The number of rotatable bonds is 11. The normalized spacial score (nSPS) is 10.9. The highest BCUT2D eigenvalue weighted by atomic mass is 32.1. The minimum absolute atomic E-state index is 0.0675. The van der Waals surface area contributed by atoms with Crippen molar-refractivity contribution in [3.05, 3.63) is 35.5 Å². The fourth-order valence-corrected chi connectivity index (χ4v) is 4.01. The number of benzene rings is 1. The van der Waals surface area contributed by atoms with Gasteiger partial charge in [-0.2, -0.15) is 0 Å². The van der Waals surface area contributed by atoms with E-state index in [0.29, 0.717) is 24.5 Å². The molecule has 0 saturated carbocycles. The number of hydrogen-bond acceptors (Lipinski definition) is 6. The number of hydrogen-bond donors (Lipinski definition) is 2. The summed E-state index contributed by atoms with van der Waals surface area (Å²) in [5, 5.41) is 13.5. The summed E-state index contributed by atoms with van der Waals surface area (Å²) >= 11 is 1.48. The van der Waals surface area contributed by atoms with E-state index in [9.17, 15) is 9.59 Å². The number of carboxylic acids is 1. The first-order valence-electron chi connectivity index (χ1n) is 9.68. The number of carbonyl (C=O) groups excluding carboxylic acids is 1. The molecule has 3 aromatic rings. The quantitative estimate of drug-likeness (QED) is 0.451. The van der Waals surface area contributed by atoms with E-state index in [-0.39, 0.29) is 18.7 Å². The number of nitrogens with one attached hydrogen (secondary N) is 1. The van der Waals surface area contributed by atoms with E-state index in [4.69, 9.17) is 14.6 Å². The Bertz CT molecular complexity index is 1030. The molecule has 0 saturated heterocycles. The molecule has 2 heterocycles. The van der Waals surface area contributed by atoms with Gasteiger partial charge in [0, 0.05) is 35.8 Å². The van der Waals surface area contributed by atoms with Gasteiger partial charge in [0.25, 0.3) is 0 Å². The first-order chi connectivity index (χ1) is 14.5. The van der Waals surface area contributed by atoms with Crippen LogP contribution in [0.25, 0.3) is 16.2 Å². The molecule has 0 atom stereocenters. The molecule has 0 fully saturated rings. The zero-order valence-corrected chi connectivity index (χ0v) is 17.8. The van der Waals surface area contributed by atoms with Crippen LogP contribution < -0.4 is 14.8 Å². The molecular formula is C21H25N3O5S. The Labute approximate surface area is 178 Å². The summed E-state index contributed by atoms with van der Waals surface area (Å²) in [7, 11) is 3.22. The highest BCUT2D eigenvalue weighted by molar-refractivity contribution is 7.15. The number of methoxy groups -OCH3 is 2. The Balaban J connectivity index is 1.64. The van der Waals surface area contributed by atoms with Gasteiger partial charge >= 0.3 is 5.97 Å². The summed E-state index contributed by atoms with van der Waals surface area (Å²) in [5.74, 6) is 0.558. The van der Waals surface area contributed by atoms with Gasteiger partial charge in [-0.15, -0.1) is 11.3 Å². The molecule has 0 aliphatic rings. The monoisotopic (exact) mass is 431 g/mol. The Morgan fingerprint density at radius 1 is 1.20 bits per heavy atom. The number of carbonyl (C=O) groups is 2. The van der Waals surface area contributed by atoms with Crippen LogP contribution in [0.5, 0.6) is 11.5 Å². The number of ether oxygens (including phenoxy) is 2. The van der Waals surface area contributed by atoms with E-state index >= 15 is 0 Å². The smallest absolute Gasteiger partial charge is 0.303 e. The van der Waals surface area contributed by atoms with Crippen LogP contribution >= 0.6 is 11.3 Å². The number of amides is 1. The van der Waals surface area contributed by atoms with Crippen molar-refractivity contribution in [1.82, 2.24) is 14.7 Å². The van der Waals surface area contributed by atoms with Gasteiger partial charge in [0.15, 0.2) is 4.96 Å². The molecule has 0 aliphatic carbocycles. The van der Waals surface area contributed by atoms with Gasteiger partial charge in [-0.05, 0) is 31.0 Å². The molecule has 2 N–H and O–H groups in total. The summed E-state index contributed by atoms with van der Waals surface area (Å²) in [5.41, 5.74) is 2.43. The maximum Gasteiger partial charge on any atom is 0.303 e. The van der Waals surface area contributed by atoms with Crippen LogP contribution in [0.1, 0.15) is 31.4 Å². The molecule has 0 spiro atoms. The molecule has 0 aliphatic heterocycles. The Kier molecular flexibility index (Phi) is 7.29. The summed E-state index contributed by atoms with van der Waals surface area (Å²) in [6, 6.07) is 5.55. The predicted molar refractivity (Wildman–Crippen MR) is 114 cm³/mol. The van der Waals surface area contributed by atoms with Gasteiger partial charge in [-0.25, -0.2) is 4.98 Å². The third-order valence-electron chi connectivity index (χ3n) is 4.70. The minimum atomic E-state index is -0.785. The van der Waals surface area contributed by atoms with Crippen molar-refractivity contribution in [1.29, 1.82) is 0 Å². The van der Waals surface area contributed by atoms with Crippen molar-refractivity contribution < 1.29 is 24.2 Å². The number of aromatic nitrogens is 2. The maximum absolute atomic E-state index is 12.3. The molecule has 1 amide bonds. The van der Waals surface area contributed by atoms with E-state index in [1.807, 2.05) is 34.2 Å². The van der Waals surface area contributed by atoms with Crippen LogP contribution in [0.2, 0.25) is 0 Å². The van der Waals surface area contributed by atoms with Crippen LogP contribution in [0.15, 0.2) is 29.8 Å². The molecule has 2 aromatic heterocycles. The van der Waals surface area contributed by atoms with Gasteiger partial charge < -0.3 is 19.9 Å². The summed E-state index contributed by atoms with van der Waals surface area (Å²) in [4.78, 5) is 28.2. The fraction of sp³-hybridized carbons (Fsp3) is 0.381. The third kappa shape index (κ3) is 5.29. The standard InChI is InChI=1S/C21H25N3O5S/c1-28-15-7-8-18(29-2)16(11-15)17-12-24-14(13-30-21(24)23-17)10-19(25)22-9-5-3-4-6-20(26)27/h7-8,11-13H,3-6,9-10H2,1-2H3,(H,22,25)(H,26,27). The number of nitrogens with zero attached hydrogens (tertiary/aromatic N) is 2. The molecule has 160 valence electrons. The van der Waals surface area contributed by atoms with Gasteiger partial charge in [0.1, 0.15) is 11.5 Å². The summed E-state index contributed by atoms with van der Waals surface area (Å²) in [6.45, 7) is 0.544. The lowest BCUT2D eigenvalue weighted by Crippen LogP contribution is -2.26. The van der Waals surface area contributed by atoms with Gasteiger partial charge in [-0.3, -0.25) is 14.0 Å². The SMILES string of the molecule is COc1ccc(OC)c(-c2cn3c(CC(=O)NCCCCCC(=O)O)csc3n2)c1. The molecule has 0 unspecified atom stereocenters. The summed E-state index contributed by atoms with van der Waals surface area (Å²) < 4.78 is 12.7. The van der Waals surface area contributed by atoms with Crippen LogP contribution in [-0.4, -0.2) is 47.1 Å². The van der Waals surface area contributed by atoms with Gasteiger partial charge in [0.05, 0.1) is 26.3 Å². The van der Waals surface area contributed by atoms with Crippen molar-refractivity contribution in [2.45, 2.75) is 32.1 Å². The minimum Gasteiger partial charge on any atom is -0.497 e. The number of unbranched alkanes of at least 4 members (excludes halogenated alkanes) is 2. The number of thiazole rings is 1. The zero-order chi connectivity index (χ0) is 21.5. The van der Waals surface area contributed by atoms with Crippen molar-refractivity contribution in [3.8, 4) is 22.8 Å². The lowest BCUT2D eigenvalue weighted by atomic mass is 10.1. The van der Waals surface area contributed by atoms with Crippen molar-refractivity contribution in [3.63, 3.8) is 0 Å². The van der Waals surface area contributed by atoms with E-state index in [1.165, 1.54) is 11.3 Å². The van der Waals surface area contributed by atoms with E-state index in [2.05, 4.69) is 10.3 Å². The average molecular weight is 432 g/mol. The number of imidazole rings is 1. The molecule has 0 radical (unpaired) electrons. The highest BCUT2D eigenvalue weighted by Crippen LogP contribution is 2.34. The molecule has 8 nitrogen and oxygen atoms in total. The average Bonchev–Trinajstić information content (AvgIpc) is 3.31. The predicted octanol–water partition coefficient (Wildman–Crippen LogP) is 3.38. The molecule has 0 bridgehead atoms. The Morgan fingerprint density at radius 2 is 2.03 bits per heavy atom. The highest BCUT2D eigenvalue weighted by Gasteiger charge is 2.15. The Morgan fingerprint density at radius 3 is 2.77 bits per heavy atom. The van der Waals surface area contributed by atoms with Crippen molar-refractivity contribution in [2.75, 3.05) is 20.8 Å². The van der Waals surface area contributed by atoms with Crippen LogP contribution in [-0.2, 0) is 16.0 Å². The first-order valence-corrected chi connectivity index (χ1v) is 10.6. The van der Waals surface area contributed by atoms with Crippen LogP contribution in [0, 0.1) is 0 Å². The Hall–Kier alpha value is -3.07. The van der Waals surface area contributed by atoms with E-state index in [0.717, 1.165) is 34.8 Å². The first kappa shape index (κ1) is 21.6. The van der Waals surface area contributed by atoms with Gasteiger partial charge in [-0.1, -0.05) is 6.42 Å². The molecular weight excluding hydrogens is 406 g/mol. The lowest BCUT2D eigenvalue weighted by molar-refractivity contribution is -0.137. The second-order valence-corrected chi connectivity index (χ2v) is 7.64. The van der Waals surface area contributed by atoms with Crippen molar-refractivity contribution in [2.24, 2.45) is 0 Å². The number of fused-ring (bicyclic) bond motifs is 1. The maximum atomic E-state index is 12.3. The van der Waals surface area contributed by atoms with Gasteiger partial charge in [0.2, 0.25) is 5.91 Å². The van der Waals surface area contributed by atoms with E-state index < -0.39 is 5.97 Å². The van der Waals surface area contributed by atoms with Crippen molar-refractivity contribution >= 4 is 28.2 Å². The topological polar surface area (TPSA) is 102 Å². The summed E-state index contributed by atoms with van der Waals surface area (Å²) in [6.07, 6.45) is 4.49. The lowest BCUT2D eigenvalue weighted by Gasteiger charge is -2.08. The largest absolute Gasteiger partial charge is 0.497 e. The molecule has 3 rings (SSSR count). The second kappa shape index (κ2) is 10.1. The number of aliphatic carboxylic acids is 1. The molecule has 9 heteroatoms. The third-order valence-corrected chi connectivity index (χ3v) is 5.59. The van der Waals surface area contributed by atoms with Crippen LogP contribution in [0.4, 0.5) is 0 Å². The number of carboxylic acid groups (broad SMARTS) is 1. The molecule has 1 aromatic carbocycles. The fourth-order valence-electron chi connectivity index (χ4n) is 3.13.